The zero-order valence-electron chi connectivity index (χ0n) is 17.5. The fourth-order valence-electron chi connectivity index (χ4n) is 4.43. The molecule has 6 nitrogen and oxygen atoms in total. The van der Waals surface area contributed by atoms with Crippen molar-refractivity contribution in [1.29, 1.82) is 0 Å². The smallest absolute Gasteiger partial charge is 0.210 e. The van der Waals surface area contributed by atoms with Gasteiger partial charge in [-0.15, -0.1) is 10.2 Å². The lowest BCUT2D eigenvalue weighted by atomic mass is 9.95. The summed E-state index contributed by atoms with van der Waals surface area (Å²) in [5.74, 6) is 0.956. The van der Waals surface area contributed by atoms with Gasteiger partial charge in [0.25, 0.3) is 0 Å². The summed E-state index contributed by atoms with van der Waals surface area (Å²) in [6, 6.07) is 13.4. The maximum atomic E-state index is 11.3. The van der Waals surface area contributed by atoms with Gasteiger partial charge in [-0.3, -0.25) is 9.69 Å². The van der Waals surface area contributed by atoms with Crippen LogP contribution in [0.1, 0.15) is 44.7 Å². The zero-order chi connectivity index (χ0) is 20.2. The van der Waals surface area contributed by atoms with E-state index in [2.05, 4.69) is 70.2 Å². The number of aromatic nitrogens is 2. The van der Waals surface area contributed by atoms with Crippen molar-refractivity contribution < 1.29 is 4.79 Å². The van der Waals surface area contributed by atoms with Crippen LogP contribution in [0.4, 0.5) is 5.82 Å². The Bertz CT molecular complexity index is 797. The lowest BCUT2D eigenvalue weighted by Gasteiger charge is -2.37. The minimum Gasteiger partial charge on any atom is -0.353 e. The molecule has 0 spiro atoms. The van der Waals surface area contributed by atoms with Crippen LogP contribution in [-0.4, -0.2) is 65.2 Å². The van der Waals surface area contributed by atoms with E-state index in [-0.39, 0.29) is 6.04 Å². The van der Waals surface area contributed by atoms with Crippen molar-refractivity contribution in [2.24, 2.45) is 0 Å². The molecule has 0 aliphatic carbocycles. The Morgan fingerprint density at radius 1 is 0.931 bits per heavy atom. The molecule has 1 unspecified atom stereocenters. The number of hydrogen-bond acceptors (Lipinski definition) is 5. The third kappa shape index (κ3) is 4.42. The Kier molecular flexibility index (Phi) is 6.09. The summed E-state index contributed by atoms with van der Waals surface area (Å²) in [6.45, 7) is 9.49. The highest BCUT2D eigenvalue weighted by atomic mass is 16.1. The number of nitrogens with zero attached hydrogens (tertiary/aromatic N) is 5. The molecule has 2 aromatic rings. The van der Waals surface area contributed by atoms with Gasteiger partial charge in [-0.25, -0.2) is 0 Å². The van der Waals surface area contributed by atoms with Gasteiger partial charge in [0.1, 0.15) is 0 Å². The van der Waals surface area contributed by atoms with Crippen LogP contribution in [0.2, 0.25) is 0 Å². The molecule has 4 rings (SSSR count). The van der Waals surface area contributed by atoms with Crippen molar-refractivity contribution in [3.63, 3.8) is 0 Å². The van der Waals surface area contributed by atoms with Gasteiger partial charge in [0, 0.05) is 44.3 Å². The van der Waals surface area contributed by atoms with Crippen LogP contribution < -0.4 is 4.90 Å². The van der Waals surface area contributed by atoms with Crippen molar-refractivity contribution in [3.05, 3.63) is 42.0 Å². The Balaban J connectivity index is 1.42. The lowest BCUT2D eigenvalue weighted by molar-refractivity contribution is -0.121. The number of anilines is 1. The highest BCUT2D eigenvalue weighted by Gasteiger charge is 2.23. The third-order valence-corrected chi connectivity index (χ3v) is 6.29. The number of amides is 1. The van der Waals surface area contributed by atoms with E-state index in [1.165, 1.54) is 12.0 Å². The summed E-state index contributed by atoms with van der Waals surface area (Å²) < 4.78 is 0. The molecule has 0 bridgehead atoms. The summed E-state index contributed by atoms with van der Waals surface area (Å²) in [5.41, 5.74) is 3.15. The van der Waals surface area contributed by atoms with Crippen LogP contribution in [0.25, 0.3) is 11.3 Å². The number of rotatable bonds is 5. The van der Waals surface area contributed by atoms with E-state index in [4.69, 9.17) is 0 Å². The van der Waals surface area contributed by atoms with Gasteiger partial charge in [0.15, 0.2) is 5.82 Å². The van der Waals surface area contributed by atoms with Crippen LogP contribution >= 0.6 is 0 Å². The number of benzene rings is 1. The van der Waals surface area contributed by atoms with Gasteiger partial charge in [0.2, 0.25) is 6.41 Å². The van der Waals surface area contributed by atoms with Gasteiger partial charge in [-0.2, -0.15) is 0 Å². The quantitative estimate of drug-likeness (QED) is 0.729. The first kappa shape index (κ1) is 19.8. The normalized spacial score (nSPS) is 20.9. The molecule has 0 radical (unpaired) electrons. The van der Waals surface area contributed by atoms with Crippen LogP contribution in [0.15, 0.2) is 36.4 Å². The molecular weight excluding hydrogens is 362 g/mol. The summed E-state index contributed by atoms with van der Waals surface area (Å²) in [6.07, 6.45) is 4.30. The molecule has 3 heterocycles. The van der Waals surface area contributed by atoms with Crippen LogP contribution in [0, 0.1) is 0 Å². The second-order valence-electron chi connectivity index (χ2n) is 8.37. The van der Waals surface area contributed by atoms with Gasteiger partial charge in [-0.1, -0.05) is 24.3 Å². The molecule has 2 aliphatic heterocycles. The van der Waals surface area contributed by atoms with Gasteiger partial charge in [0.05, 0.1) is 11.7 Å². The predicted octanol–water partition coefficient (Wildman–Crippen LogP) is 3.36. The Morgan fingerprint density at radius 3 is 2.31 bits per heavy atom. The second-order valence-corrected chi connectivity index (χ2v) is 8.37. The van der Waals surface area contributed by atoms with E-state index in [9.17, 15) is 4.79 Å². The van der Waals surface area contributed by atoms with Crippen molar-refractivity contribution >= 4 is 12.2 Å². The van der Waals surface area contributed by atoms with Gasteiger partial charge >= 0.3 is 0 Å². The molecule has 2 saturated heterocycles. The standard InChI is InChI=1S/C23H31N5O/c1-18(2)26-13-15-27(16-14-26)23-11-10-21(24-25-23)19-6-8-20(9-7-19)22-5-3-4-12-28(22)17-29/h6-11,17-18,22H,3-5,12-16H2,1-2H3. The van der Waals surface area contributed by atoms with Crippen molar-refractivity contribution in [3.8, 4) is 11.3 Å². The highest BCUT2D eigenvalue weighted by Crippen LogP contribution is 2.31. The zero-order valence-corrected chi connectivity index (χ0v) is 17.5. The van der Waals surface area contributed by atoms with E-state index in [1.807, 2.05) is 4.90 Å². The number of piperazine rings is 1. The average Bonchev–Trinajstić information content (AvgIpc) is 2.79. The Labute approximate surface area is 173 Å². The number of likely N-dealkylation sites (tertiary alicyclic amines) is 1. The molecule has 154 valence electrons. The largest absolute Gasteiger partial charge is 0.353 e. The van der Waals surface area contributed by atoms with E-state index in [1.54, 1.807) is 0 Å². The Morgan fingerprint density at radius 2 is 1.69 bits per heavy atom. The molecule has 2 fully saturated rings. The van der Waals surface area contributed by atoms with E-state index < -0.39 is 0 Å². The average molecular weight is 394 g/mol. The van der Waals surface area contributed by atoms with Crippen LogP contribution in [-0.2, 0) is 4.79 Å². The molecule has 1 aromatic heterocycles. The lowest BCUT2D eigenvalue weighted by Crippen LogP contribution is -2.49. The summed E-state index contributed by atoms with van der Waals surface area (Å²) in [4.78, 5) is 18.1. The molecule has 0 N–H and O–H groups in total. The van der Waals surface area contributed by atoms with E-state index in [0.717, 1.165) is 69.1 Å². The number of carbonyl (C=O) groups excluding carboxylic acids is 1. The van der Waals surface area contributed by atoms with Crippen LogP contribution in [0.3, 0.4) is 0 Å². The topological polar surface area (TPSA) is 52.6 Å². The summed E-state index contributed by atoms with van der Waals surface area (Å²) >= 11 is 0. The molecule has 0 saturated carbocycles. The number of piperidine rings is 1. The SMILES string of the molecule is CC(C)N1CCN(c2ccc(-c3ccc(C4CCCCN4C=O)cc3)nn2)CC1. The minimum atomic E-state index is 0.202. The molecule has 6 heteroatoms. The molecule has 1 amide bonds. The fourth-order valence-corrected chi connectivity index (χ4v) is 4.43. The molecule has 1 aromatic carbocycles. The molecule has 1 atom stereocenters. The maximum absolute atomic E-state index is 11.3. The molecule has 29 heavy (non-hydrogen) atoms. The maximum Gasteiger partial charge on any atom is 0.210 e. The van der Waals surface area contributed by atoms with Crippen molar-refractivity contribution in [1.82, 2.24) is 20.0 Å². The summed E-state index contributed by atoms with van der Waals surface area (Å²) in [5, 5.41) is 8.97. The van der Waals surface area contributed by atoms with E-state index >= 15 is 0 Å². The van der Waals surface area contributed by atoms with Crippen molar-refractivity contribution in [2.45, 2.75) is 45.2 Å². The first-order chi connectivity index (χ1) is 14.2. The predicted molar refractivity (Wildman–Crippen MR) is 116 cm³/mol. The first-order valence-corrected chi connectivity index (χ1v) is 10.8. The monoisotopic (exact) mass is 393 g/mol. The summed E-state index contributed by atoms with van der Waals surface area (Å²) in [7, 11) is 0. The first-order valence-electron chi connectivity index (χ1n) is 10.8. The number of hydrogen-bond donors (Lipinski definition) is 0. The van der Waals surface area contributed by atoms with Crippen molar-refractivity contribution in [2.75, 3.05) is 37.6 Å². The molecular formula is C23H31N5O. The van der Waals surface area contributed by atoms with E-state index in [0.29, 0.717) is 6.04 Å². The van der Waals surface area contributed by atoms with Gasteiger partial charge in [-0.05, 0) is 50.8 Å². The third-order valence-electron chi connectivity index (χ3n) is 6.29. The minimum absolute atomic E-state index is 0.202. The number of carbonyl (C=O) groups is 1. The second kappa shape index (κ2) is 8.91. The molecule has 2 aliphatic rings. The Hall–Kier alpha value is -2.47. The highest BCUT2D eigenvalue weighted by molar-refractivity contribution is 5.60. The van der Waals surface area contributed by atoms with Gasteiger partial charge < -0.3 is 9.80 Å². The fraction of sp³-hybridized carbons (Fsp3) is 0.522. The van der Waals surface area contributed by atoms with Crippen LogP contribution in [0.5, 0.6) is 0 Å².